The Morgan fingerprint density at radius 1 is 1.00 bits per heavy atom. The quantitative estimate of drug-likeness (QED) is 0.505. The van der Waals surface area contributed by atoms with E-state index in [1.165, 1.54) is 5.56 Å². The van der Waals surface area contributed by atoms with Gasteiger partial charge in [0, 0.05) is 48.2 Å². The van der Waals surface area contributed by atoms with Gasteiger partial charge in [-0.2, -0.15) is 0 Å². The summed E-state index contributed by atoms with van der Waals surface area (Å²) in [5.74, 6) is 0.614. The summed E-state index contributed by atoms with van der Waals surface area (Å²) in [5.41, 5.74) is 12.2. The average molecular weight is 431 g/mol. The number of rotatable bonds is 4. The van der Waals surface area contributed by atoms with Crippen molar-refractivity contribution in [1.29, 1.82) is 0 Å². The highest BCUT2D eigenvalue weighted by Gasteiger charge is 2.25. The molecule has 7 heteroatoms. The lowest BCUT2D eigenvalue weighted by Crippen LogP contribution is -2.34. The van der Waals surface area contributed by atoms with Gasteiger partial charge in [-0.1, -0.05) is 29.8 Å². The van der Waals surface area contributed by atoms with Crippen molar-refractivity contribution in [3.63, 3.8) is 0 Å². The van der Waals surface area contributed by atoms with Gasteiger partial charge in [-0.3, -0.25) is 14.9 Å². The van der Waals surface area contributed by atoms with Crippen LogP contribution in [0.15, 0.2) is 61.1 Å². The molecule has 0 aliphatic carbocycles. The monoisotopic (exact) mass is 430 g/mol. The van der Waals surface area contributed by atoms with Crippen LogP contribution in [0.3, 0.4) is 0 Å². The van der Waals surface area contributed by atoms with Crippen LogP contribution in [-0.4, -0.2) is 37.9 Å². The number of fused-ring (bicyclic) bond motifs is 1. The number of anilines is 1. The van der Waals surface area contributed by atoms with Crippen molar-refractivity contribution in [3.05, 3.63) is 77.3 Å². The topological polar surface area (TPSA) is 80.8 Å². The number of hydrogen-bond acceptors (Lipinski definition) is 6. The van der Waals surface area contributed by atoms with E-state index in [1.807, 2.05) is 36.5 Å². The molecule has 1 aliphatic heterocycles. The van der Waals surface area contributed by atoms with Crippen LogP contribution in [0.5, 0.6) is 0 Å². The van der Waals surface area contributed by atoms with Gasteiger partial charge in [0.1, 0.15) is 0 Å². The van der Waals surface area contributed by atoms with Crippen LogP contribution in [0.4, 0.5) is 5.95 Å². The molecule has 2 N–H and O–H groups in total. The van der Waals surface area contributed by atoms with E-state index in [4.69, 9.17) is 17.3 Å². The highest BCUT2D eigenvalue weighted by Crippen LogP contribution is 2.34. The summed E-state index contributed by atoms with van der Waals surface area (Å²) in [6.45, 7) is 2.86. The Balaban J connectivity index is 1.40. The van der Waals surface area contributed by atoms with E-state index in [-0.39, 0.29) is 0 Å². The third-order valence-electron chi connectivity index (χ3n) is 5.82. The Morgan fingerprint density at radius 3 is 2.65 bits per heavy atom. The van der Waals surface area contributed by atoms with Crippen molar-refractivity contribution < 1.29 is 0 Å². The fraction of sp³-hybridized carbons (Fsp3) is 0.250. The molecule has 0 spiro atoms. The third-order valence-corrected chi connectivity index (χ3v) is 6.08. The molecule has 31 heavy (non-hydrogen) atoms. The first-order chi connectivity index (χ1) is 15.2. The van der Waals surface area contributed by atoms with Gasteiger partial charge in [0.2, 0.25) is 5.95 Å². The molecule has 1 fully saturated rings. The Hall–Kier alpha value is -3.09. The summed E-state index contributed by atoms with van der Waals surface area (Å²) < 4.78 is 0. The van der Waals surface area contributed by atoms with Crippen LogP contribution in [0.25, 0.3) is 22.2 Å². The number of nitrogen functional groups attached to an aromatic ring is 1. The van der Waals surface area contributed by atoms with Crippen molar-refractivity contribution >= 4 is 28.6 Å². The zero-order chi connectivity index (χ0) is 21.2. The van der Waals surface area contributed by atoms with E-state index in [2.05, 4.69) is 37.0 Å². The smallest absolute Gasteiger partial charge is 0.220 e. The Bertz CT molecular complexity index is 1210. The minimum absolute atomic E-state index is 0.296. The molecule has 0 saturated carbocycles. The van der Waals surface area contributed by atoms with E-state index in [0.717, 1.165) is 60.3 Å². The van der Waals surface area contributed by atoms with Crippen LogP contribution >= 0.6 is 11.6 Å². The molecule has 4 aromatic rings. The van der Waals surface area contributed by atoms with Gasteiger partial charge in [0.25, 0.3) is 0 Å². The zero-order valence-electron chi connectivity index (χ0n) is 17.1. The third kappa shape index (κ3) is 4.36. The van der Waals surface area contributed by atoms with Gasteiger partial charge in [0.15, 0.2) is 0 Å². The maximum atomic E-state index is 6.08. The maximum absolute atomic E-state index is 6.08. The van der Waals surface area contributed by atoms with Gasteiger partial charge in [-0.25, -0.2) is 9.97 Å². The minimum Gasteiger partial charge on any atom is -0.368 e. The Morgan fingerprint density at radius 2 is 1.81 bits per heavy atom. The van der Waals surface area contributed by atoms with Crippen molar-refractivity contribution in [3.8, 4) is 11.1 Å². The van der Waals surface area contributed by atoms with E-state index < -0.39 is 0 Å². The lowest BCUT2D eigenvalue weighted by molar-refractivity contribution is 0.199. The summed E-state index contributed by atoms with van der Waals surface area (Å²) in [4.78, 5) is 20.2. The van der Waals surface area contributed by atoms with Crippen molar-refractivity contribution in [1.82, 2.24) is 24.8 Å². The average Bonchev–Trinajstić information content (AvgIpc) is 2.80. The Labute approximate surface area is 186 Å². The predicted molar refractivity (Wildman–Crippen MR) is 124 cm³/mol. The molecule has 2 aromatic heterocycles. The molecule has 1 aliphatic rings. The van der Waals surface area contributed by atoms with Gasteiger partial charge >= 0.3 is 0 Å². The molecule has 6 nitrogen and oxygen atoms in total. The second-order valence-electron chi connectivity index (χ2n) is 7.99. The number of benzene rings is 2. The van der Waals surface area contributed by atoms with E-state index in [1.54, 1.807) is 12.4 Å². The lowest BCUT2D eigenvalue weighted by atomic mass is 9.89. The fourth-order valence-electron chi connectivity index (χ4n) is 4.36. The van der Waals surface area contributed by atoms with Crippen LogP contribution in [0.2, 0.25) is 5.02 Å². The maximum Gasteiger partial charge on any atom is 0.220 e. The van der Waals surface area contributed by atoms with Crippen molar-refractivity contribution in [2.24, 2.45) is 0 Å². The molecule has 3 heterocycles. The Kier molecular flexibility index (Phi) is 5.49. The molecule has 1 atom stereocenters. The number of likely N-dealkylation sites (tertiary alicyclic amines) is 1. The number of piperidine rings is 1. The van der Waals surface area contributed by atoms with Crippen LogP contribution in [0, 0.1) is 0 Å². The number of hydrogen-bond donors (Lipinski definition) is 1. The molecule has 5 rings (SSSR count). The highest BCUT2D eigenvalue weighted by atomic mass is 35.5. The number of nitrogens with two attached hydrogens (primary N) is 1. The standard InChI is InChI=1S/C24H23ClN6/c25-19-6-4-17(5-7-19)20-13-29-24(26)30-23(20)18-2-1-11-31(15-18)14-16-3-8-21-22(12-16)28-10-9-27-21/h3-10,12-13,18H,1-2,11,14-15H2,(H2,26,29,30)/t18-/m1/s1. The molecule has 0 bridgehead atoms. The van der Waals surface area contributed by atoms with Crippen LogP contribution in [0.1, 0.15) is 30.0 Å². The van der Waals surface area contributed by atoms with Crippen LogP contribution < -0.4 is 5.73 Å². The number of halogens is 1. The second kappa shape index (κ2) is 8.57. The second-order valence-corrected chi connectivity index (χ2v) is 8.42. The fourth-order valence-corrected chi connectivity index (χ4v) is 4.49. The summed E-state index contributed by atoms with van der Waals surface area (Å²) >= 11 is 6.08. The molecule has 0 amide bonds. The molecule has 0 radical (unpaired) electrons. The lowest BCUT2D eigenvalue weighted by Gasteiger charge is -2.33. The van der Waals surface area contributed by atoms with Gasteiger partial charge in [-0.15, -0.1) is 0 Å². The number of aromatic nitrogens is 4. The SMILES string of the molecule is Nc1ncc(-c2ccc(Cl)cc2)c([C@@H]2CCCN(Cc3ccc4nccnc4c3)C2)n1. The van der Waals surface area contributed by atoms with Gasteiger partial charge in [0.05, 0.1) is 16.7 Å². The number of nitrogens with zero attached hydrogens (tertiary/aromatic N) is 5. The van der Waals surface area contributed by atoms with Crippen molar-refractivity contribution in [2.45, 2.75) is 25.3 Å². The highest BCUT2D eigenvalue weighted by molar-refractivity contribution is 6.30. The largest absolute Gasteiger partial charge is 0.368 e. The minimum atomic E-state index is 0.296. The predicted octanol–water partition coefficient (Wildman–Crippen LogP) is 4.70. The van der Waals surface area contributed by atoms with Gasteiger partial charge < -0.3 is 5.73 Å². The summed E-state index contributed by atoms with van der Waals surface area (Å²) in [7, 11) is 0. The molecule has 156 valence electrons. The molecule has 1 saturated heterocycles. The van der Waals surface area contributed by atoms with Crippen molar-refractivity contribution in [2.75, 3.05) is 18.8 Å². The first-order valence-corrected chi connectivity index (χ1v) is 10.8. The summed E-state index contributed by atoms with van der Waals surface area (Å²) in [6, 6.07) is 14.1. The molecular weight excluding hydrogens is 408 g/mol. The van der Waals surface area contributed by atoms with E-state index in [9.17, 15) is 0 Å². The summed E-state index contributed by atoms with van der Waals surface area (Å²) in [5, 5.41) is 0.713. The molecule has 0 unspecified atom stereocenters. The summed E-state index contributed by atoms with van der Waals surface area (Å²) in [6.07, 6.45) is 7.49. The van der Waals surface area contributed by atoms with Gasteiger partial charge in [-0.05, 0) is 54.8 Å². The first-order valence-electron chi connectivity index (χ1n) is 10.5. The molecular formula is C24H23ClN6. The normalized spacial score (nSPS) is 17.1. The van der Waals surface area contributed by atoms with Crippen LogP contribution in [-0.2, 0) is 6.54 Å². The van der Waals surface area contributed by atoms with E-state index in [0.29, 0.717) is 16.9 Å². The first kappa shape index (κ1) is 19.8. The molecule has 2 aromatic carbocycles. The van der Waals surface area contributed by atoms with E-state index >= 15 is 0 Å². The zero-order valence-corrected chi connectivity index (χ0v) is 17.8.